The molecule has 1 fully saturated rings. The standard InChI is InChI=1S/C19H16ClNO4/c1-12(22)19(18(24)25-2)16(13-8-10-15(20)11-9-13)21(19)17(23)14-6-4-3-5-7-14/h3-11,16H,1-2H3/t16-,19-,21?/m1/s1. The largest absolute Gasteiger partial charge is 0.467 e. The van der Waals surface area contributed by atoms with Gasteiger partial charge >= 0.3 is 5.97 Å². The van der Waals surface area contributed by atoms with Gasteiger partial charge in [-0.3, -0.25) is 9.59 Å². The molecule has 3 rings (SSSR count). The summed E-state index contributed by atoms with van der Waals surface area (Å²) >= 11 is 5.92. The molecule has 2 atom stereocenters. The van der Waals surface area contributed by atoms with Crippen molar-refractivity contribution in [3.63, 3.8) is 0 Å². The summed E-state index contributed by atoms with van der Waals surface area (Å²) in [5.41, 5.74) is -0.599. The van der Waals surface area contributed by atoms with Crippen molar-refractivity contribution in [2.75, 3.05) is 7.11 Å². The van der Waals surface area contributed by atoms with Crippen molar-refractivity contribution in [2.24, 2.45) is 0 Å². The molecule has 0 bridgehead atoms. The molecule has 1 saturated heterocycles. The van der Waals surface area contributed by atoms with Crippen LogP contribution in [0.15, 0.2) is 54.6 Å². The molecule has 0 saturated carbocycles. The van der Waals surface area contributed by atoms with E-state index in [1.165, 1.54) is 18.9 Å². The molecule has 0 N–H and O–H groups in total. The SMILES string of the molecule is COC(=O)[C@@]1(C(C)=O)[C@@H](c2ccc(Cl)cc2)N1C(=O)c1ccccc1. The van der Waals surface area contributed by atoms with Crippen molar-refractivity contribution in [1.82, 2.24) is 4.90 Å². The summed E-state index contributed by atoms with van der Waals surface area (Å²) in [7, 11) is 1.20. The summed E-state index contributed by atoms with van der Waals surface area (Å²) in [6, 6.07) is 14.5. The summed E-state index contributed by atoms with van der Waals surface area (Å²) in [5.74, 6) is -1.59. The zero-order valence-corrected chi connectivity index (χ0v) is 14.5. The van der Waals surface area contributed by atoms with Crippen molar-refractivity contribution in [3.05, 3.63) is 70.7 Å². The molecule has 25 heavy (non-hydrogen) atoms. The van der Waals surface area contributed by atoms with Crippen molar-refractivity contribution in [3.8, 4) is 0 Å². The van der Waals surface area contributed by atoms with Crippen LogP contribution in [0.4, 0.5) is 0 Å². The van der Waals surface area contributed by atoms with Gasteiger partial charge in [0.05, 0.1) is 7.11 Å². The van der Waals surface area contributed by atoms with Crippen LogP contribution in [0.3, 0.4) is 0 Å². The lowest BCUT2D eigenvalue weighted by molar-refractivity contribution is -0.148. The maximum Gasteiger partial charge on any atom is 0.342 e. The third kappa shape index (κ3) is 2.61. The van der Waals surface area contributed by atoms with Crippen LogP contribution in [-0.2, 0) is 14.3 Å². The fraction of sp³-hybridized carbons (Fsp3) is 0.211. The minimum Gasteiger partial charge on any atom is -0.467 e. The second-order valence-electron chi connectivity index (χ2n) is 5.81. The van der Waals surface area contributed by atoms with E-state index in [1.807, 2.05) is 0 Å². The minimum absolute atomic E-state index is 0.397. The van der Waals surface area contributed by atoms with E-state index in [4.69, 9.17) is 16.3 Å². The molecule has 2 aromatic rings. The highest BCUT2D eigenvalue weighted by Gasteiger charge is 2.75. The molecule has 0 aromatic heterocycles. The maximum atomic E-state index is 12.9. The van der Waals surface area contributed by atoms with Gasteiger partial charge in [-0.25, -0.2) is 4.79 Å². The van der Waals surface area contributed by atoms with E-state index in [2.05, 4.69) is 0 Å². The molecule has 0 unspecified atom stereocenters. The van der Waals surface area contributed by atoms with Gasteiger partial charge in [-0.05, 0) is 36.8 Å². The number of hydrogen-bond donors (Lipinski definition) is 0. The Balaban J connectivity index is 2.09. The Bertz CT molecular complexity index is 834. The number of esters is 1. The van der Waals surface area contributed by atoms with Gasteiger partial charge in [0.2, 0.25) is 5.54 Å². The zero-order chi connectivity index (χ0) is 18.2. The van der Waals surface area contributed by atoms with E-state index in [0.29, 0.717) is 16.1 Å². The number of ketones is 1. The van der Waals surface area contributed by atoms with E-state index in [0.717, 1.165) is 0 Å². The molecule has 1 heterocycles. The summed E-state index contributed by atoms with van der Waals surface area (Å²) in [5, 5.41) is 0.525. The lowest BCUT2D eigenvalue weighted by Gasteiger charge is -2.11. The number of methoxy groups -OCH3 is 1. The first kappa shape index (κ1) is 17.2. The van der Waals surface area contributed by atoms with Crippen LogP contribution in [0.5, 0.6) is 0 Å². The van der Waals surface area contributed by atoms with Gasteiger partial charge in [-0.1, -0.05) is 41.9 Å². The first-order valence-electron chi connectivity index (χ1n) is 7.68. The predicted molar refractivity (Wildman–Crippen MR) is 92.2 cm³/mol. The predicted octanol–water partition coefficient (Wildman–Crippen LogP) is 3.04. The van der Waals surface area contributed by atoms with Crippen LogP contribution in [0.1, 0.15) is 28.9 Å². The summed E-state index contributed by atoms with van der Waals surface area (Å²) in [4.78, 5) is 39.1. The molecule has 0 radical (unpaired) electrons. The van der Waals surface area contributed by atoms with Gasteiger partial charge in [-0.15, -0.1) is 0 Å². The van der Waals surface area contributed by atoms with Crippen molar-refractivity contribution in [2.45, 2.75) is 18.5 Å². The highest BCUT2D eigenvalue weighted by Crippen LogP contribution is 2.55. The zero-order valence-electron chi connectivity index (χ0n) is 13.7. The molecule has 1 amide bonds. The number of hydrogen-bond acceptors (Lipinski definition) is 4. The van der Waals surface area contributed by atoms with Crippen LogP contribution >= 0.6 is 11.6 Å². The number of carbonyl (C=O) groups is 3. The number of rotatable bonds is 4. The number of carbonyl (C=O) groups excluding carboxylic acids is 3. The number of amides is 1. The van der Waals surface area contributed by atoms with Gasteiger partial charge in [0.1, 0.15) is 6.04 Å². The van der Waals surface area contributed by atoms with Gasteiger partial charge in [0.25, 0.3) is 5.91 Å². The molecular formula is C19H16ClNO4. The van der Waals surface area contributed by atoms with Gasteiger partial charge in [0, 0.05) is 10.6 Å². The smallest absolute Gasteiger partial charge is 0.342 e. The Hall–Kier alpha value is -2.66. The number of nitrogens with zero attached hydrogens (tertiary/aromatic N) is 1. The first-order chi connectivity index (χ1) is 11.9. The van der Waals surface area contributed by atoms with Gasteiger partial charge in [-0.2, -0.15) is 0 Å². The number of ether oxygens (including phenoxy) is 1. The molecule has 5 nitrogen and oxygen atoms in total. The van der Waals surface area contributed by atoms with Crippen molar-refractivity contribution in [1.29, 1.82) is 0 Å². The molecule has 2 aromatic carbocycles. The molecule has 1 aliphatic rings. The van der Waals surface area contributed by atoms with Crippen molar-refractivity contribution < 1.29 is 19.1 Å². The van der Waals surface area contributed by atoms with Crippen LogP contribution in [0.25, 0.3) is 0 Å². The Morgan fingerprint density at radius 2 is 1.64 bits per heavy atom. The number of benzene rings is 2. The summed E-state index contributed by atoms with van der Waals surface area (Å²) < 4.78 is 4.85. The molecular weight excluding hydrogens is 342 g/mol. The van der Waals surface area contributed by atoms with Crippen LogP contribution in [-0.4, -0.2) is 35.2 Å². The van der Waals surface area contributed by atoms with Crippen LogP contribution < -0.4 is 0 Å². The van der Waals surface area contributed by atoms with Crippen molar-refractivity contribution >= 4 is 29.3 Å². The third-order valence-corrected chi connectivity index (χ3v) is 4.68. The Morgan fingerprint density at radius 1 is 1.04 bits per heavy atom. The summed E-state index contributed by atoms with van der Waals surface area (Å²) in [6.07, 6.45) is 0. The van der Waals surface area contributed by atoms with E-state index < -0.39 is 29.2 Å². The van der Waals surface area contributed by atoms with E-state index in [1.54, 1.807) is 54.6 Å². The van der Waals surface area contributed by atoms with E-state index in [9.17, 15) is 14.4 Å². The highest BCUT2D eigenvalue weighted by atomic mass is 35.5. The quantitative estimate of drug-likeness (QED) is 0.479. The second kappa shape index (κ2) is 6.33. The number of halogens is 1. The normalized spacial score (nSPS) is 21.6. The molecule has 0 aliphatic carbocycles. The average molecular weight is 358 g/mol. The molecule has 1 aliphatic heterocycles. The average Bonchev–Trinajstić information content (AvgIpc) is 3.33. The molecule has 128 valence electrons. The van der Waals surface area contributed by atoms with Gasteiger partial charge < -0.3 is 9.64 Å². The van der Waals surface area contributed by atoms with Gasteiger partial charge in [0.15, 0.2) is 5.78 Å². The van der Waals surface area contributed by atoms with Crippen LogP contribution in [0.2, 0.25) is 5.02 Å². The molecule has 6 heteroatoms. The molecule has 0 spiro atoms. The Morgan fingerprint density at radius 3 is 2.16 bits per heavy atom. The highest BCUT2D eigenvalue weighted by molar-refractivity contribution is 6.30. The number of Topliss-reactive ketones (excluding diaryl/α,β-unsaturated/α-hetero) is 1. The third-order valence-electron chi connectivity index (χ3n) is 4.42. The first-order valence-corrected chi connectivity index (χ1v) is 8.06. The lowest BCUT2D eigenvalue weighted by atomic mass is 9.96. The lowest BCUT2D eigenvalue weighted by Crippen LogP contribution is -2.39. The maximum absolute atomic E-state index is 12.9. The Labute approximate surface area is 150 Å². The Kier molecular flexibility index (Phi) is 4.35. The fourth-order valence-electron chi connectivity index (χ4n) is 3.20. The monoisotopic (exact) mass is 357 g/mol. The van der Waals surface area contributed by atoms with E-state index in [-0.39, 0.29) is 0 Å². The minimum atomic E-state index is -1.64. The van der Waals surface area contributed by atoms with Crippen LogP contribution in [0, 0.1) is 0 Å². The van der Waals surface area contributed by atoms with E-state index >= 15 is 0 Å². The second-order valence-corrected chi connectivity index (χ2v) is 6.25. The summed E-state index contributed by atoms with van der Waals surface area (Å²) in [6.45, 7) is 1.29. The topological polar surface area (TPSA) is 63.5 Å². The fourth-order valence-corrected chi connectivity index (χ4v) is 3.32.